The molecule has 3 rings (SSSR count). The fourth-order valence-electron chi connectivity index (χ4n) is 3.20. The van der Waals surface area contributed by atoms with E-state index >= 15 is 0 Å². The molecule has 0 unspecified atom stereocenters. The number of aromatic amines is 1. The molecule has 0 bridgehead atoms. The van der Waals surface area contributed by atoms with Gasteiger partial charge in [-0.2, -0.15) is 5.10 Å². The Bertz CT molecular complexity index is 648. The van der Waals surface area contributed by atoms with Crippen LogP contribution in [0.2, 0.25) is 0 Å². The average molecular weight is 327 g/mol. The number of nitrogens with one attached hydrogen (secondary N) is 2. The molecular formula is C18H25N5O. The normalized spacial score (nSPS) is 16.7. The third-order valence-electron chi connectivity index (χ3n) is 4.46. The number of carbonyl (C=O) groups is 1. The summed E-state index contributed by atoms with van der Waals surface area (Å²) in [6.45, 7) is 6.27. The Morgan fingerprint density at radius 3 is 2.92 bits per heavy atom. The molecule has 1 fully saturated rings. The molecule has 0 aliphatic carbocycles. The van der Waals surface area contributed by atoms with Gasteiger partial charge < -0.3 is 10.2 Å². The topological polar surface area (TPSA) is 73.9 Å². The van der Waals surface area contributed by atoms with Crippen molar-refractivity contribution in [1.29, 1.82) is 0 Å². The first-order valence-corrected chi connectivity index (χ1v) is 8.68. The van der Waals surface area contributed by atoms with Crippen LogP contribution in [0.3, 0.4) is 0 Å². The zero-order valence-corrected chi connectivity index (χ0v) is 14.2. The summed E-state index contributed by atoms with van der Waals surface area (Å²) in [4.78, 5) is 19.1. The molecule has 2 aromatic heterocycles. The van der Waals surface area contributed by atoms with Gasteiger partial charge in [0.1, 0.15) is 0 Å². The van der Waals surface area contributed by atoms with Crippen molar-refractivity contribution in [2.45, 2.75) is 26.2 Å². The maximum atomic E-state index is 12.5. The van der Waals surface area contributed by atoms with E-state index in [1.54, 1.807) is 18.6 Å². The number of nitrogens with zero attached hydrogens (tertiary/aromatic N) is 3. The summed E-state index contributed by atoms with van der Waals surface area (Å²) in [6.07, 6.45) is 8.95. The first-order valence-electron chi connectivity index (χ1n) is 8.68. The predicted molar refractivity (Wildman–Crippen MR) is 93.6 cm³/mol. The lowest BCUT2D eigenvalue weighted by Gasteiger charge is -2.29. The minimum absolute atomic E-state index is 0.0897. The summed E-state index contributed by atoms with van der Waals surface area (Å²) >= 11 is 0. The largest absolute Gasteiger partial charge is 0.352 e. The monoisotopic (exact) mass is 327 g/mol. The van der Waals surface area contributed by atoms with Crippen molar-refractivity contribution < 1.29 is 4.79 Å². The quantitative estimate of drug-likeness (QED) is 0.854. The lowest BCUT2D eigenvalue weighted by atomic mass is 10.1. The SMILES string of the molecule is C[C@H](CNC(=O)c1cn[nH]c1-c1cccnc1)CN1CCCCC1. The molecule has 1 aliphatic heterocycles. The molecule has 24 heavy (non-hydrogen) atoms. The third-order valence-corrected chi connectivity index (χ3v) is 4.46. The number of likely N-dealkylation sites (tertiary alicyclic amines) is 1. The Hall–Kier alpha value is -2.21. The van der Waals surface area contributed by atoms with Crippen LogP contribution in [0.25, 0.3) is 11.3 Å². The Balaban J connectivity index is 1.55. The minimum Gasteiger partial charge on any atom is -0.352 e. The van der Waals surface area contributed by atoms with Crippen LogP contribution < -0.4 is 5.32 Å². The third kappa shape index (κ3) is 4.20. The number of pyridine rings is 1. The summed E-state index contributed by atoms with van der Waals surface area (Å²) in [6, 6.07) is 3.76. The van der Waals surface area contributed by atoms with E-state index in [-0.39, 0.29) is 5.91 Å². The van der Waals surface area contributed by atoms with E-state index in [4.69, 9.17) is 0 Å². The molecule has 0 saturated carbocycles. The van der Waals surface area contributed by atoms with Crippen molar-refractivity contribution in [3.63, 3.8) is 0 Å². The van der Waals surface area contributed by atoms with E-state index in [2.05, 4.69) is 32.3 Å². The van der Waals surface area contributed by atoms with Crippen molar-refractivity contribution in [3.8, 4) is 11.3 Å². The standard InChI is InChI=1S/C18H25N5O/c1-14(13-23-8-3-2-4-9-23)10-20-18(24)16-12-21-22-17(16)15-6-5-7-19-11-15/h5-7,11-12,14H,2-4,8-10,13H2,1H3,(H,20,24)(H,21,22)/t14-/m1/s1. The van der Waals surface area contributed by atoms with Crippen LogP contribution in [0.15, 0.2) is 30.7 Å². The van der Waals surface area contributed by atoms with Crippen LogP contribution in [-0.4, -0.2) is 52.2 Å². The van der Waals surface area contributed by atoms with Gasteiger partial charge in [0.15, 0.2) is 0 Å². The number of hydrogen-bond acceptors (Lipinski definition) is 4. The number of carbonyl (C=O) groups excluding carboxylic acids is 1. The van der Waals surface area contributed by atoms with E-state index < -0.39 is 0 Å². The van der Waals surface area contributed by atoms with Crippen molar-refractivity contribution in [1.82, 2.24) is 25.4 Å². The van der Waals surface area contributed by atoms with E-state index in [0.717, 1.165) is 12.1 Å². The van der Waals surface area contributed by atoms with Crippen LogP contribution in [0.4, 0.5) is 0 Å². The van der Waals surface area contributed by atoms with Gasteiger partial charge in [-0.05, 0) is 44.0 Å². The van der Waals surface area contributed by atoms with Crippen LogP contribution in [0.1, 0.15) is 36.5 Å². The first-order chi connectivity index (χ1) is 11.7. The number of rotatable bonds is 6. The Morgan fingerprint density at radius 2 is 2.17 bits per heavy atom. The Labute approximate surface area is 142 Å². The van der Waals surface area contributed by atoms with Crippen molar-refractivity contribution in [2.24, 2.45) is 5.92 Å². The first kappa shape index (κ1) is 16.6. The highest BCUT2D eigenvalue weighted by Gasteiger charge is 2.17. The average Bonchev–Trinajstić information content (AvgIpc) is 3.11. The second kappa shape index (κ2) is 8.06. The van der Waals surface area contributed by atoms with Gasteiger partial charge in [-0.25, -0.2) is 0 Å². The van der Waals surface area contributed by atoms with Crippen LogP contribution >= 0.6 is 0 Å². The van der Waals surface area contributed by atoms with E-state index in [9.17, 15) is 4.79 Å². The molecule has 6 nitrogen and oxygen atoms in total. The molecule has 1 atom stereocenters. The summed E-state index contributed by atoms with van der Waals surface area (Å²) in [5.74, 6) is 0.342. The number of amides is 1. The summed E-state index contributed by atoms with van der Waals surface area (Å²) in [7, 11) is 0. The molecular weight excluding hydrogens is 302 g/mol. The summed E-state index contributed by atoms with van der Waals surface area (Å²) in [5, 5.41) is 9.95. The fourth-order valence-corrected chi connectivity index (χ4v) is 3.20. The van der Waals surface area contributed by atoms with Gasteiger partial charge in [0.25, 0.3) is 5.91 Å². The second-order valence-corrected chi connectivity index (χ2v) is 6.58. The van der Waals surface area contributed by atoms with E-state index in [0.29, 0.717) is 23.7 Å². The lowest BCUT2D eigenvalue weighted by Crippen LogP contribution is -2.38. The van der Waals surface area contributed by atoms with E-state index in [1.165, 1.54) is 32.4 Å². The van der Waals surface area contributed by atoms with Crippen LogP contribution in [-0.2, 0) is 0 Å². The molecule has 128 valence electrons. The molecule has 0 spiro atoms. The highest BCUT2D eigenvalue weighted by molar-refractivity contribution is 5.99. The van der Waals surface area contributed by atoms with Crippen LogP contribution in [0.5, 0.6) is 0 Å². The maximum absolute atomic E-state index is 12.5. The number of hydrogen-bond donors (Lipinski definition) is 2. The minimum atomic E-state index is -0.0897. The molecule has 0 radical (unpaired) electrons. The molecule has 2 N–H and O–H groups in total. The number of aromatic nitrogens is 3. The molecule has 1 aliphatic rings. The molecule has 1 saturated heterocycles. The van der Waals surface area contributed by atoms with Gasteiger partial charge in [0, 0.05) is 31.0 Å². The summed E-state index contributed by atoms with van der Waals surface area (Å²) in [5.41, 5.74) is 2.14. The van der Waals surface area contributed by atoms with Crippen molar-refractivity contribution in [2.75, 3.05) is 26.2 Å². The van der Waals surface area contributed by atoms with Gasteiger partial charge in [0.2, 0.25) is 0 Å². The van der Waals surface area contributed by atoms with Gasteiger partial charge >= 0.3 is 0 Å². The van der Waals surface area contributed by atoms with Gasteiger partial charge in [-0.15, -0.1) is 0 Å². The second-order valence-electron chi connectivity index (χ2n) is 6.58. The van der Waals surface area contributed by atoms with E-state index in [1.807, 2.05) is 12.1 Å². The number of piperidine rings is 1. The van der Waals surface area contributed by atoms with Crippen LogP contribution in [0, 0.1) is 5.92 Å². The highest BCUT2D eigenvalue weighted by atomic mass is 16.1. The summed E-state index contributed by atoms with van der Waals surface area (Å²) < 4.78 is 0. The van der Waals surface area contributed by atoms with Gasteiger partial charge in [-0.3, -0.25) is 14.9 Å². The molecule has 0 aromatic carbocycles. The lowest BCUT2D eigenvalue weighted by molar-refractivity contribution is 0.0943. The zero-order chi connectivity index (χ0) is 16.8. The number of H-pyrrole nitrogens is 1. The molecule has 3 heterocycles. The molecule has 2 aromatic rings. The highest BCUT2D eigenvalue weighted by Crippen LogP contribution is 2.19. The van der Waals surface area contributed by atoms with Gasteiger partial charge in [0.05, 0.1) is 17.5 Å². The Kier molecular flexibility index (Phi) is 5.59. The zero-order valence-electron chi connectivity index (χ0n) is 14.2. The molecule has 6 heteroatoms. The predicted octanol–water partition coefficient (Wildman–Crippen LogP) is 2.32. The van der Waals surface area contributed by atoms with Crippen molar-refractivity contribution in [3.05, 3.63) is 36.3 Å². The fraction of sp³-hybridized carbons (Fsp3) is 0.500. The van der Waals surface area contributed by atoms with Crippen molar-refractivity contribution >= 4 is 5.91 Å². The Morgan fingerprint density at radius 1 is 1.33 bits per heavy atom. The smallest absolute Gasteiger partial charge is 0.255 e. The maximum Gasteiger partial charge on any atom is 0.255 e. The molecule has 1 amide bonds. The van der Waals surface area contributed by atoms with Gasteiger partial charge in [-0.1, -0.05) is 13.3 Å².